The lowest BCUT2D eigenvalue weighted by atomic mass is 9.99. The minimum absolute atomic E-state index is 0.142. The molecule has 0 fully saturated rings. The number of nitrogens with one attached hydrogen (secondary N) is 1. The summed E-state index contributed by atoms with van der Waals surface area (Å²) in [6.45, 7) is 6.33. The quantitative estimate of drug-likeness (QED) is 0.810. The second kappa shape index (κ2) is 6.78. The first-order valence-electron chi connectivity index (χ1n) is 6.50. The monoisotopic (exact) mass is 272 g/mol. The van der Waals surface area contributed by atoms with Crippen molar-refractivity contribution < 1.29 is 0 Å². The summed E-state index contributed by atoms with van der Waals surface area (Å²) >= 11 is 5.78. The number of aromatic nitrogens is 2. The Morgan fingerprint density at radius 2 is 2.00 bits per heavy atom. The molecule has 1 aromatic rings. The standard InChI is InChI=1S/C13H21ClN2O2/c1-4-6-7-10(5-2)8-16-12(17)9(3)11(14)15-13(16)18/h10H,4-8H2,1-3H3,(H,15,18). The smallest absolute Gasteiger partial charge is 0.297 e. The molecule has 102 valence electrons. The fourth-order valence-electron chi connectivity index (χ4n) is 1.98. The molecule has 0 aliphatic carbocycles. The van der Waals surface area contributed by atoms with Crippen molar-refractivity contribution in [2.24, 2.45) is 5.92 Å². The number of unbranched alkanes of at least 4 members (excludes halogenated alkanes) is 1. The fraction of sp³-hybridized carbons (Fsp3) is 0.692. The van der Waals surface area contributed by atoms with Gasteiger partial charge in [0, 0.05) is 12.1 Å². The molecule has 0 bridgehead atoms. The van der Waals surface area contributed by atoms with E-state index in [0.29, 0.717) is 18.0 Å². The molecular formula is C13H21ClN2O2. The van der Waals surface area contributed by atoms with Crippen LogP contribution in [0.1, 0.15) is 45.1 Å². The molecule has 5 heteroatoms. The van der Waals surface area contributed by atoms with E-state index in [1.165, 1.54) is 4.57 Å². The highest BCUT2D eigenvalue weighted by molar-refractivity contribution is 6.30. The topological polar surface area (TPSA) is 54.9 Å². The molecule has 0 radical (unpaired) electrons. The van der Waals surface area contributed by atoms with Gasteiger partial charge < -0.3 is 0 Å². The first-order valence-corrected chi connectivity index (χ1v) is 6.88. The van der Waals surface area contributed by atoms with E-state index in [1.54, 1.807) is 6.92 Å². The van der Waals surface area contributed by atoms with Gasteiger partial charge in [-0.2, -0.15) is 0 Å². The zero-order valence-corrected chi connectivity index (χ0v) is 12.0. The van der Waals surface area contributed by atoms with E-state index in [4.69, 9.17) is 11.6 Å². The maximum Gasteiger partial charge on any atom is 0.329 e. The molecule has 0 spiro atoms. The molecule has 0 amide bonds. The van der Waals surface area contributed by atoms with E-state index in [2.05, 4.69) is 18.8 Å². The van der Waals surface area contributed by atoms with Crippen molar-refractivity contribution in [2.75, 3.05) is 0 Å². The second-order valence-corrected chi connectivity index (χ2v) is 5.08. The average Bonchev–Trinajstić information content (AvgIpc) is 2.35. The summed E-state index contributed by atoms with van der Waals surface area (Å²) in [5, 5.41) is 0.142. The van der Waals surface area contributed by atoms with Crippen LogP contribution >= 0.6 is 11.6 Å². The summed E-state index contributed by atoms with van der Waals surface area (Å²) in [4.78, 5) is 26.3. The summed E-state index contributed by atoms with van der Waals surface area (Å²) in [5.74, 6) is 0.365. The Kier molecular flexibility index (Phi) is 5.66. The van der Waals surface area contributed by atoms with Gasteiger partial charge in [0.05, 0.1) is 0 Å². The van der Waals surface area contributed by atoms with E-state index in [-0.39, 0.29) is 10.7 Å². The third-order valence-electron chi connectivity index (χ3n) is 3.34. The lowest BCUT2D eigenvalue weighted by Crippen LogP contribution is -2.38. The molecule has 0 saturated carbocycles. The highest BCUT2D eigenvalue weighted by Gasteiger charge is 2.13. The molecule has 1 atom stereocenters. The molecule has 1 heterocycles. The van der Waals surface area contributed by atoms with Crippen molar-refractivity contribution >= 4 is 11.6 Å². The third-order valence-corrected chi connectivity index (χ3v) is 3.72. The van der Waals surface area contributed by atoms with E-state index >= 15 is 0 Å². The zero-order chi connectivity index (χ0) is 13.7. The van der Waals surface area contributed by atoms with Crippen molar-refractivity contribution in [1.29, 1.82) is 0 Å². The number of halogens is 1. The maximum atomic E-state index is 12.0. The molecule has 0 aliphatic rings. The van der Waals surface area contributed by atoms with Gasteiger partial charge in [-0.15, -0.1) is 0 Å². The van der Waals surface area contributed by atoms with E-state index < -0.39 is 5.69 Å². The number of rotatable bonds is 6. The van der Waals surface area contributed by atoms with Crippen LogP contribution in [0.5, 0.6) is 0 Å². The summed E-state index contributed by atoms with van der Waals surface area (Å²) in [6.07, 6.45) is 4.26. The summed E-state index contributed by atoms with van der Waals surface area (Å²) in [5.41, 5.74) is -0.286. The van der Waals surface area contributed by atoms with Gasteiger partial charge in [0.15, 0.2) is 0 Å². The van der Waals surface area contributed by atoms with Gasteiger partial charge in [0.2, 0.25) is 0 Å². The van der Waals surface area contributed by atoms with Crippen LogP contribution in [0.2, 0.25) is 5.15 Å². The number of aromatic amines is 1. The molecule has 0 saturated heterocycles. The lowest BCUT2D eigenvalue weighted by Gasteiger charge is -2.15. The summed E-state index contributed by atoms with van der Waals surface area (Å²) < 4.78 is 1.27. The Morgan fingerprint density at radius 1 is 1.33 bits per heavy atom. The molecule has 1 rings (SSSR count). The van der Waals surface area contributed by atoms with E-state index in [0.717, 1.165) is 25.7 Å². The summed E-state index contributed by atoms with van der Waals surface area (Å²) in [7, 11) is 0. The molecule has 1 unspecified atom stereocenters. The second-order valence-electron chi connectivity index (χ2n) is 4.70. The van der Waals surface area contributed by atoms with Crippen molar-refractivity contribution in [3.05, 3.63) is 31.6 Å². The van der Waals surface area contributed by atoms with Gasteiger partial charge in [0.25, 0.3) is 5.56 Å². The third kappa shape index (κ3) is 3.48. The number of H-pyrrole nitrogens is 1. The highest BCUT2D eigenvalue weighted by atomic mass is 35.5. The van der Waals surface area contributed by atoms with Crippen LogP contribution in [0.15, 0.2) is 9.59 Å². The van der Waals surface area contributed by atoms with Gasteiger partial charge in [-0.3, -0.25) is 14.3 Å². The minimum atomic E-state index is -0.412. The van der Waals surface area contributed by atoms with Gasteiger partial charge >= 0.3 is 5.69 Å². The van der Waals surface area contributed by atoms with Crippen LogP contribution in [-0.2, 0) is 6.54 Å². The molecule has 1 aromatic heterocycles. The van der Waals surface area contributed by atoms with Crippen molar-refractivity contribution in [2.45, 2.75) is 53.0 Å². The van der Waals surface area contributed by atoms with Crippen LogP contribution in [0.25, 0.3) is 0 Å². The maximum absolute atomic E-state index is 12.0. The number of nitrogens with zero attached hydrogens (tertiary/aromatic N) is 1. The van der Waals surface area contributed by atoms with Gasteiger partial charge in [-0.05, 0) is 19.3 Å². The van der Waals surface area contributed by atoms with Crippen molar-refractivity contribution in [3.63, 3.8) is 0 Å². The van der Waals surface area contributed by atoms with Crippen LogP contribution in [-0.4, -0.2) is 9.55 Å². The van der Waals surface area contributed by atoms with Crippen LogP contribution in [0.4, 0.5) is 0 Å². The van der Waals surface area contributed by atoms with Crippen LogP contribution in [0, 0.1) is 12.8 Å². The van der Waals surface area contributed by atoms with Gasteiger partial charge in [-0.1, -0.05) is 44.7 Å². The molecular weight excluding hydrogens is 252 g/mol. The van der Waals surface area contributed by atoms with Gasteiger partial charge in [0.1, 0.15) is 5.15 Å². The lowest BCUT2D eigenvalue weighted by molar-refractivity contribution is 0.377. The first kappa shape index (κ1) is 15.0. The highest BCUT2D eigenvalue weighted by Crippen LogP contribution is 2.14. The minimum Gasteiger partial charge on any atom is -0.297 e. The number of hydrogen-bond acceptors (Lipinski definition) is 2. The van der Waals surface area contributed by atoms with Crippen molar-refractivity contribution in [3.8, 4) is 0 Å². The molecule has 0 aromatic carbocycles. The average molecular weight is 273 g/mol. The van der Waals surface area contributed by atoms with Crippen molar-refractivity contribution in [1.82, 2.24) is 9.55 Å². The Morgan fingerprint density at radius 3 is 2.56 bits per heavy atom. The largest absolute Gasteiger partial charge is 0.329 e. The SMILES string of the molecule is CCCCC(CC)Cn1c(=O)[nH]c(Cl)c(C)c1=O. The fourth-order valence-corrected chi connectivity index (χ4v) is 2.15. The van der Waals surface area contributed by atoms with Crippen LogP contribution < -0.4 is 11.2 Å². The first-order chi connectivity index (χ1) is 8.51. The molecule has 0 aliphatic heterocycles. The Balaban J connectivity index is 3.00. The number of hydrogen-bond donors (Lipinski definition) is 1. The van der Waals surface area contributed by atoms with E-state index in [1.807, 2.05) is 0 Å². The molecule has 4 nitrogen and oxygen atoms in total. The Bertz CT molecular complexity index is 505. The van der Waals surface area contributed by atoms with Gasteiger partial charge in [-0.25, -0.2) is 4.79 Å². The predicted molar refractivity (Wildman–Crippen MR) is 74.4 cm³/mol. The normalized spacial score (nSPS) is 12.7. The van der Waals surface area contributed by atoms with E-state index in [9.17, 15) is 9.59 Å². The summed E-state index contributed by atoms with van der Waals surface area (Å²) in [6, 6.07) is 0. The van der Waals surface area contributed by atoms with Crippen LogP contribution in [0.3, 0.4) is 0 Å². The Hall–Kier alpha value is -1.03. The zero-order valence-electron chi connectivity index (χ0n) is 11.3. The predicted octanol–water partition coefficient (Wildman–Crippen LogP) is 2.71. The molecule has 18 heavy (non-hydrogen) atoms. The Labute approximate surface area is 112 Å². The molecule has 1 N–H and O–H groups in total.